The van der Waals surface area contributed by atoms with E-state index in [1.165, 1.54) is 37.7 Å². The van der Waals surface area contributed by atoms with Gasteiger partial charge in [0.2, 0.25) is 5.95 Å². The Morgan fingerprint density at radius 2 is 1.81 bits per heavy atom. The van der Waals surface area contributed by atoms with Crippen molar-refractivity contribution in [3.05, 3.63) is 36.0 Å². The van der Waals surface area contributed by atoms with Gasteiger partial charge in [0.05, 0.1) is 5.69 Å². The van der Waals surface area contributed by atoms with Gasteiger partial charge in [-0.3, -0.25) is 0 Å². The molecule has 0 bridgehead atoms. The maximum Gasteiger partial charge on any atom is 0.200 e. The highest BCUT2D eigenvalue weighted by atomic mass is 15.2. The maximum atomic E-state index is 5.96. The number of unbranched alkanes of at least 4 members (excludes halogenated alkanes) is 3. The number of benzene rings is 1. The van der Waals surface area contributed by atoms with Crippen LogP contribution in [0.15, 0.2) is 30.5 Å². The Bertz CT molecular complexity index is 552. The Morgan fingerprint density at radius 3 is 2.38 bits per heavy atom. The van der Waals surface area contributed by atoms with Gasteiger partial charge >= 0.3 is 0 Å². The monoisotopic (exact) mass is 285 g/mol. The van der Waals surface area contributed by atoms with Crippen LogP contribution in [0.1, 0.15) is 58.1 Å². The Balaban J connectivity index is 2.03. The van der Waals surface area contributed by atoms with Crippen molar-refractivity contribution in [1.29, 1.82) is 0 Å². The molecule has 3 nitrogen and oxygen atoms in total. The van der Waals surface area contributed by atoms with Crippen molar-refractivity contribution in [3.8, 4) is 11.3 Å². The van der Waals surface area contributed by atoms with E-state index in [0.717, 1.165) is 11.3 Å². The quantitative estimate of drug-likeness (QED) is 0.740. The van der Waals surface area contributed by atoms with Crippen LogP contribution >= 0.6 is 0 Å². The lowest BCUT2D eigenvalue weighted by atomic mass is 10.0. The summed E-state index contributed by atoms with van der Waals surface area (Å²) in [5.41, 5.74) is 9.46. The third kappa shape index (κ3) is 4.10. The summed E-state index contributed by atoms with van der Waals surface area (Å²) in [5.74, 6) is 0.587. The van der Waals surface area contributed by atoms with Gasteiger partial charge < -0.3 is 10.3 Å². The van der Waals surface area contributed by atoms with Crippen molar-refractivity contribution >= 4 is 5.95 Å². The predicted molar refractivity (Wildman–Crippen MR) is 90.3 cm³/mol. The summed E-state index contributed by atoms with van der Waals surface area (Å²) >= 11 is 0. The van der Waals surface area contributed by atoms with Crippen LogP contribution in [0.2, 0.25) is 0 Å². The summed E-state index contributed by atoms with van der Waals surface area (Å²) in [5, 5.41) is 0. The number of rotatable bonds is 7. The van der Waals surface area contributed by atoms with Gasteiger partial charge in [-0.25, -0.2) is 4.98 Å². The number of aryl methyl sites for hydroxylation is 1. The standard InChI is InChI=1S/C18H27N3/c1-4-5-6-7-8-15-9-11-16(12-10-15)17-13-21(14(2)3)18(19)20-17/h9-14H,4-8H2,1-3H3,(H2,19,20). The molecule has 1 heterocycles. The molecular weight excluding hydrogens is 258 g/mol. The molecular formula is C18H27N3. The van der Waals surface area contributed by atoms with Gasteiger partial charge in [-0.05, 0) is 32.3 Å². The Labute approximate surface area is 128 Å². The fourth-order valence-electron chi connectivity index (χ4n) is 2.56. The third-order valence-corrected chi connectivity index (χ3v) is 3.89. The predicted octanol–water partition coefficient (Wildman–Crippen LogP) is 4.84. The van der Waals surface area contributed by atoms with Crippen molar-refractivity contribution < 1.29 is 0 Å². The molecule has 0 atom stereocenters. The fourth-order valence-corrected chi connectivity index (χ4v) is 2.56. The summed E-state index contributed by atoms with van der Waals surface area (Å²) in [6.07, 6.45) is 8.44. The van der Waals surface area contributed by atoms with E-state index in [4.69, 9.17) is 5.73 Å². The molecule has 2 N–H and O–H groups in total. The molecule has 0 saturated heterocycles. The lowest BCUT2D eigenvalue weighted by molar-refractivity contribution is 0.609. The summed E-state index contributed by atoms with van der Waals surface area (Å²) in [6.45, 7) is 6.47. The van der Waals surface area contributed by atoms with Crippen LogP contribution in [0.25, 0.3) is 11.3 Å². The summed E-state index contributed by atoms with van der Waals surface area (Å²) in [4.78, 5) is 4.46. The van der Waals surface area contributed by atoms with E-state index < -0.39 is 0 Å². The molecule has 0 aliphatic heterocycles. The summed E-state index contributed by atoms with van der Waals surface area (Å²) < 4.78 is 2.01. The molecule has 0 aliphatic rings. The van der Waals surface area contributed by atoms with Crippen molar-refractivity contribution in [2.45, 2.75) is 58.9 Å². The number of hydrogen-bond acceptors (Lipinski definition) is 2. The third-order valence-electron chi connectivity index (χ3n) is 3.89. The van der Waals surface area contributed by atoms with Gasteiger partial charge in [-0.1, -0.05) is 50.5 Å². The molecule has 0 aliphatic carbocycles. The van der Waals surface area contributed by atoms with Crippen LogP contribution in [0.5, 0.6) is 0 Å². The molecule has 0 radical (unpaired) electrons. The van der Waals surface area contributed by atoms with E-state index in [-0.39, 0.29) is 0 Å². The molecule has 0 fully saturated rings. The van der Waals surface area contributed by atoms with Crippen LogP contribution in [0, 0.1) is 0 Å². The Morgan fingerprint density at radius 1 is 1.10 bits per heavy atom. The zero-order valence-electron chi connectivity index (χ0n) is 13.5. The number of anilines is 1. The highest BCUT2D eigenvalue weighted by Gasteiger charge is 2.09. The van der Waals surface area contributed by atoms with Crippen LogP contribution in [-0.2, 0) is 6.42 Å². The Kier molecular flexibility index (Phi) is 5.43. The lowest BCUT2D eigenvalue weighted by Gasteiger charge is -2.06. The number of hydrogen-bond donors (Lipinski definition) is 1. The minimum absolute atomic E-state index is 0.337. The number of nitrogens with two attached hydrogens (primary N) is 1. The maximum absolute atomic E-state index is 5.96. The number of nitrogen functional groups attached to an aromatic ring is 1. The topological polar surface area (TPSA) is 43.8 Å². The Hall–Kier alpha value is -1.77. The molecule has 0 unspecified atom stereocenters. The second kappa shape index (κ2) is 7.30. The van der Waals surface area contributed by atoms with E-state index in [1.54, 1.807) is 0 Å². The first kappa shape index (κ1) is 15.6. The minimum Gasteiger partial charge on any atom is -0.369 e. The van der Waals surface area contributed by atoms with Crippen LogP contribution < -0.4 is 5.73 Å². The van der Waals surface area contributed by atoms with Gasteiger partial charge in [0, 0.05) is 17.8 Å². The summed E-state index contributed by atoms with van der Waals surface area (Å²) in [6, 6.07) is 9.07. The molecule has 114 valence electrons. The molecule has 2 aromatic rings. The second-order valence-electron chi connectivity index (χ2n) is 5.99. The first-order valence-electron chi connectivity index (χ1n) is 8.05. The average Bonchev–Trinajstić information content (AvgIpc) is 2.86. The summed E-state index contributed by atoms with van der Waals surface area (Å²) in [7, 11) is 0. The molecule has 21 heavy (non-hydrogen) atoms. The smallest absolute Gasteiger partial charge is 0.200 e. The first-order chi connectivity index (χ1) is 10.1. The van der Waals surface area contributed by atoms with Crippen molar-refractivity contribution in [2.24, 2.45) is 0 Å². The van der Waals surface area contributed by atoms with Gasteiger partial charge in [0.15, 0.2) is 0 Å². The molecule has 0 amide bonds. The van der Waals surface area contributed by atoms with Crippen LogP contribution in [0.4, 0.5) is 5.95 Å². The number of aromatic nitrogens is 2. The van der Waals surface area contributed by atoms with E-state index in [1.807, 2.05) is 10.8 Å². The molecule has 1 aromatic carbocycles. The number of nitrogens with zero attached hydrogens (tertiary/aromatic N) is 2. The molecule has 0 spiro atoms. The van der Waals surface area contributed by atoms with Crippen molar-refractivity contribution in [3.63, 3.8) is 0 Å². The first-order valence-corrected chi connectivity index (χ1v) is 8.05. The zero-order valence-corrected chi connectivity index (χ0v) is 13.5. The highest BCUT2D eigenvalue weighted by molar-refractivity contribution is 5.60. The molecule has 2 rings (SSSR count). The van der Waals surface area contributed by atoms with E-state index in [0.29, 0.717) is 12.0 Å². The normalized spacial score (nSPS) is 11.2. The molecule has 3 heteroatoms. The molecule has 1 aromatic heterocycles. The number of imidazole rings is 1. The van der Waals surface area contributed by atoms with E-state index in [2.05, 4.69) is 50.0 Å². The van der Waals surface area contributed by atoms with E-state index >= 15 is 0 Å². The lowest BCUT2D eigenvalue weighted by Crippen LogP contribution is -2.03. The van der Waals surface area contributed by atoms with Crippen LogP contribution in [0.3, 0.4) is 0 Å². The fraction of sp³-hybridized carbons (Fsp3) is 0.500. The van der Waals surface area contributed by atoms with Crippen molar-refractivity contribution in [1.82, 2.24) is 9.55 Å². The van der Waals surface area contributed by atoms with Crippen LogP contribution in [-0.4, -0.2) is 9.55 Å². The van der Waals surface area contributed by atoms with Gasteiger partial charge in [0.1, 0.15) is 0 Å². The highest BCUT2D eigenvalue weighted by Crippen LogP contribution is 2.23. The van der Waals surface area contributed by atoms with Gasteiger partial charge in [0.25, 0.3) is 0 Å². The largest absolute Gasteiger partial charge is 0.369 e. The van der Waals surface area contributed by atoms with Gasteiger partial charge in [-0.2, -0.15) is 0 Å². The van der Waals surface area contributed by atoms with E-state index in [9.17, 15) is 0 Å². The minimum atomic E-state index is 0.337. The molecule has 0 saturated carbocycles. The van der Waals surface area contributed by atoms with Gasteiger partial charge in [-0.15, -0.1) is 0 Å². The SMILES string of the molecule is CCCCCCc1ccc(-c2cn(C(C)C)c(N)n2)cc1. The van der Waals surface area contributed by atoms with Crippen molar-refractivity contribution in [2.75, 3.05) is 5.73 Å². The average molecular weight is 285 g/mol. The second-order valence-corrected chi connectivity index (χ2v) is 5.99. The zero-order chi connectivity index (χ0) is 15.2.